The Morgan fingerprint density at radius 1 is 1.09 bits per heavy atom. The van der Waals surface area contributed by atoms with E-state index in [-0.39, 0.29) is 18.4 Å². The molecule has 4 rings (SSSR count). The van der Waals surface area contributed by atoms with Crippen LogP contribution in [0.3, 0.4) is 0 Å². The molecule has 1 aliphatic rings. The van der Waals surface area contributed by atoms with Gasteiger partial charge < -0.3 is 9.84 Å². The molecule has 4 nitrogen and oxygen atoms in total. The number of ketones is 1. The minimum Gasteiger partial charge on any atom is -0.486 e. The number of carbonyl (C=O) groups is 1. The van der Waals surface area contributed by atoms with Gasteiger partial charge in [-0.1, -0.05) is 67.1 Å². The lowest BCUT2D eigenvalue weighted by Crippen LogP contribution is -2.39. The van der Waals surface area contributed by atoms with E-state index in [2.05, 4.69) is 41.3 Å². The topological polar surface area (TPSA) is 49.8 Å². The fourth-order valence-corrected chi connectivity index (χ4v) is 4.99. The van der Waals surface area contributed by atoms with Gasteiger partial charge in [-0.15, -0.1) is 0 Å². The summed E-state index contributed by atoms with van der Waals surface area (Å²) in [5, 5.41) is 11.8. The molecule has 0 aliphatic heterocycles. The van der Waals surface area contributed by atoms with Gasteiger partial charge in [0.2, 0.25) is 0 Å². The number of hydrogen-bond donors (Lipinski definition) is 1. The Balaban J connectivity index is 1.56. The zero-order valence-corrected chi connectivity index (χ0v) is 21.1. The van der Waals surface area contributed by atoms with E-state index in [1.54, 1.807) is 0 Å². The summed E-state index contributed by atoms with van der Waals surface area (Å²) in [5.41, 5.74) is 4.67. The zero-order chi connectivity index (χ0) is 24.6. The molecule has 0 heterocycles. The molecule has 3 aromatic rings. The number of aliphatic hydroxyl groups is 1. The van der Waals surface area contributed by atoms with Crippen molar-refractivity contribution in [1.82, 2.24) is 4.90 Å². The molecule has 0 amide bonds. The van der Waals surface area contributed by atoms with E-state index in [1.807, 2.05) is 43.3 Å². The van der Waals surface area contributed by atoms with Crippen molar-refractivity contribution in [2.75, 3.05) is 13.2 Å². The first-order valence-corrected chi connectivity index (χ1v) is 12.9. The number of fused-ring (bicyclic) bond motifs is 1. The number of carbonyl (C=O) groups excluding carboxylic acids is 1. The van der Waals surface area contributed by atoms with Crippen LogP contribution in [0.1, 0.15) is 54.5 Å². The molecular formula is C30H34ClNO3. The molecule has 2 unspecified atom stereocenters. The van der Waals surface area contributed by atoms with Crippen molar-refractivity contribution in [3.05, 3.63) is 100 Å². The van der Waals surface area contributed by atoms with E-state index in [0.29, 0.717) is 18.0 Å². The van der Waals surface area contributed by atoms with Gasteiger partial charge in [-0.3, -0.25) is 9.69 Å². The molecule has 0 bridgehead atoms. The van der Waals surface area contributed by atoms with Gasteiger partial charge >= 0.3 is 0 Å². The van der Waals surface area contributed by atoms with Gasteiger partial charge in [-0.25, -0.2) is 0 Å². The molecule has 1 aliphatic carbocycles. The predicted molar refractivity (Wildman–Crippen MR) is 141 cm³/mol. The van der Waals surface area contributed by atoms with Crippen LogP contribution in [0.15, 0.2) is 72.8 Å². The summed E-state index contributed by atoms with van der Waals surface area (Å²) in [6.07, 6.45) is 3.89. The summed E-state index contributed by atoms with van der Waals surface area (Å²) >= 11 is 6.19. The van der Waals surface area contributed by atoms with Crippen LogP contribution >= 0.6 is 11.6 Å². The summed E-state index contributed by atoms with van der Waals surface area (Å²) in [5.74, 6) is 0.849. The van der Waals surface area contributed by atoms with Gasteiger partial charge in [0.1, 0.15) is 12.4 Å². The van der Waals surface area contributed by atoms with Gasteiger partial charge in [-0.2, -0.15) is 0 Å². The minimum absolute atomic E-state index is 0.0989. The molecule has 0 fully saturated rings. The Morgan fingerprint density at radius 2 is 1.91 bits per heavy atom. The SMILES string of the molecule is CCC(=O)COc1ccc2c(c1)CC(N(Cc1ccccc1)CC(O)c1cccc(Cl)c1)CCC2. The molecule has 3 aromatic carbocycles. The Hall–Kier alpha value is -2.66. The summed E-state index contributed by atoms with van der Waals surface area (Å²) in [7, 11) is 0. The number of hydrogen-bond acceptors (Lipinski definition) is 4. The fraction of sp³-hybridized carbons (Fsp3) is 0.367. The standard InChI is InChI=1S/C30H34ClNO3/c1-2-28(33)21-35-29-15-14-23-10-7-13-27(17-25(23)18-29)32(19-22-8-4-3-5-9-22)20-30(34)24-11-6-12-26(31)16-24/h3-6,8-9,11-12,14-16,18,27,30,34H,2,7,10,13,17,19-21H2,1H3. The second kappa shape index (κ2) is 12.3. The van der Waals surface area contributed by atoms with Crippen molar-refractivity contribution in [2.45, 2.75) is 57.7 Å². The first-order valence-electron chi connectivity index (χ1n) is 12.5. The number of aliphatic hydroxyl groups excluding tert-OH is 1. The highest BCUT2D eigenvalue weighted by Crippen LogP contribution is 2.29. The quantitative estimate of drug-likeness (QED) is 0.344. The van der Waals surface area contributed by atoms with Gasteiger partial charge in [0.25, 0.3) is 0 Å². The number of halogens is 1. The van der Waals surface area contributed by atoms with Crippen molar-refractivity contribution in [3.8, 4) is 5.75 Å². The van der Waals surface area contributed by atoms with Crippen LogP contribution in [-0.4, -0.2) is 35.0 Å². The summed E-state index contributed by atoms with van der Waals surface area (Å²) < 4.78 is 5.77. The molecule has 35 heavy (non-hydrogen) atoms. The van der Waals surface area contributed by atoms with E-state index >= 15 is 0 Å². The molecule has 0 saturated heterocycles. The van der Waals surface area contributed by atoms with E-state index in [9.17, 15) is 9.90 Å². The lowest BCUT2D eigenvalue weighted by atomic mass is 9.99. The molecule has 5 heteroatoms. The number of Topliss-reactive ketones (excluding diaryl/α,β-unsaturated/α-hetero) is 1. The summed E-state index contributed by atoms with van der Waals surface area (Å²) in [6.45, 7) is 3.26. The monoisotopic (exact) mass is 491 g/mol. The number of ether oxygens (including phenoxy) is 1. The summed E-state index contributed by atoms with van der Waals surface area (Å²) in [4.78, 5) is 14.1. The third-order valence-corrected chi connectivity index (χ3v) is 7.03. The van der Waals surface area contributed by atoms with Crippen LogP contribution in [-0.2, 0) is 24.2 Å². The first-order chi connectivity index (χ1) is 17.0. The number of rotatable bonds is 10. The smallest absolute Gasteiger partial charge is 0.169 e. The Bertz CT molecular complexity index is 1120. The van der Waals surface area contributed by atoms with Crippen LogP contribution in [0.2, 0.25) is 5.02 Å². The van der Waals surface area contributed by atoms with Crippen molar-refractivity contribution >= 4 is 17.4 Å². The van der Waals surface area contributed by atoms with Crippen molar-refractivity contribution < 1.29 is 14.6 Å². The molecule has 2 atom stereocenters. The third-order valence-electron chi connectivity index (χ3n) is 6.80. The lowest BCUT2D eigenvalue weighted by Gasteiger charge is -2.33. The zero-order valence-electron chi connectivity index (χ0n) is 20.3. The first kappa shape index (κ1) is 25.4. The highest BCUT2D eigenvalue weighted by Gasteiger charge is 2.26. The van der Waals surface area contributed by atoms with Gasteiger partial charge in [0.15, 0.2) is 5.78 Å². The van der Waals surface area contributed by atoms with Crippen molar-refractivity contribution in [3.63, 3.8) is 0 Å². The molecule has 1 N–H and O–H groups in total. The second-order valence-corrected chi connectivity index (χ2v) is 9.78. The Labute approximate surface area is 213 Å². The highest BCUT2D eigenvalue weighted by molar-refractivity contribution is 6.30. The van der Waals surface area contributed by atoms with Crippen LogP contribution in [0, 0.1) is 0 Å². The minimum atomic E-state index is -0.630. The van der Waals surface area contributed by atoms with Gasteiger partial charge in [0, 0.05) is 30.6 Å². The molecular weight excluding hydrogens is 458 g/mol. The second-order valence-electron chi connectivity index (χ2n) is 9.35. The number of benzene rings is 3. The van der Waals surface area contributed by atoms with E-state index in [1.165, 1.54) is 16.7 Å². The van der Waals surface area contributed by atoms with Crippen LogP contribution in [0.25, 0.3) is 0 Å². The number of aryl methyl sites for hydroxylation is 1. The Morgan fingerprint density at radius 3 is 2.69 bits per heavy atom. The van der Waals surface area contributed by atoms with Crippen LogP contribution < -0.4 is 4.74 Å². The van der Waals surface area contributed by atoms with Crippen molar-refractivity contribution in [1.29, 1.82) is 0 Å². The molecule has 0 radical (unpaired) electrons. The molecule has 184 valence electrons. The normalized spacial score (nSPS) is 16.4. The lowest BCUT2D eigenvalue weighted by molar-refractivity contribution is -0.120. The fourth-order valence-electron chi connectivity index (χ4n) is 4.79. The number of nitrogens with zero attached hydrogens (tertiary/aromatic N) is 1. The molecule has 0 aromatic heterocycles. The summed E-state index contributed by atoms with van der Waals surface area (Å²) in [6, 6.07) is 24.4. The Kier molecular flexibility index (Phi) is 8.97. The van der Waals surface area contributed by atoms with Crippen LogP contribution in [0.5, 0.6) is 5.75 Å². The average Bonchev–Trinajstić information content (AvgIpc) is 3.09. The van der Waals surface area contributed by atoms with Gasteiger partial charge in [0.05, 0.1) is 6.10 Å². The highest BCUT2D eigenvalue weighted by atomic mass is 35.5. The van der Waals surface area contributed by atoms with Crippen LogP contribution in [0.4, 0.5) is 0 Å². The third kappa shape index (κ3) is 7.17. The van der Waals surface area contributed by atoms with E-state index < -0.39 is 6.10 Å². The predicted octanol–water partition coefficient (Wildman–Crippen LogP) is 6.18. The molecule has 0 saturated carbocycles. The largest absolute Gasteiger partial charge is 0.486 e. The maximum atomic E-state index is 11.7. The average molecular weight is 492 g/mol. The van der Waals surface area contributed by atoms with Gasteiger partial charge in [-0.05, 0) is 72.2 Å². The van der Waals surface area contributed by atoms with Crippen molar-refractivity contribution in [2.24, 2.45) is 0 Å². The van der Waals surface area contributed by atoms with E-state index in [4.69, 9.17) is 16.3 Å². The maximum absolute atomic E-state index is 11.7. The maximum Gasteiger partial charge on any atom is 0.169 e. The molecule has 0 spiro atoms. The van der Waals surface area contributed by atoms with E-state index in [0.717, 1.165) is 43.5 Å².